The van der Waals surface area contributed by atoms with Gasteiger partial charge in [0.2, 0.25) is 0 Å². The Morgan fingerprint density at radius 3 is 2.88 bits per heavy atom. The topological polar surface area (TPSA) is 37.4 Å². The van der Waals surface area contributed by atoms with Gasteiger partial charge in [-0.3, -0.25) is 4.98 Å². The van der Waals surface area contributed by atoms with Crippen LogP contribution in [0.4, 0.5) is 0 Å². The SMILES string of the molecule is CN1CCC(CNCc2cc(Cl)ccc2OCc2cccnc2)CC1. The fraction of sp³-hybridized carbons (Fsp3) is 0.450. The fourth-order valence-electron chi connectivity index (χ4n) is 3.15. The minimum absolute atomic E-state index is 0.511. The molecule has 1 saturated heterocycles. The number of rotatable bonds is 7. The van der Waals surface area contributed by atoms with Crippen LogP contribution in [0.25, 0.3) is 0 Å². The molecule has 1 aromatic heterocycles. The summed E-state index contributed by atoms with van der Waals surface area (Å²) in [6, 6.07) is 9.75. The molecule has 2 heterocycles. The van der Waals surface area contributed by atoms with Gasteiger partial charge in [-0.05, 0) is 69.7 Å². The van der Waals surface area contributed by atoms with Crippen molar-refractivity contribution in [3.8, 4) is 5.75 Å². The zero-order chi connectivity index (χ0) is 17.5. The van der Waals surface area contributed by atoms with Gasteiger partial charge < -0.3 is 15.0 Å². The van der Waals surface area contributed by atoms with Crippen LogP contribution in [0.2, 0.25) is 5.02 Å². The number of nitrogens with one attached hydrogen (secondary N) is 1. The Hall–Kier alpha value is -1.62. The second kappa shape index (κ2) is 9.18. The van der Waals surface area contributed by atoms with Gasteiger partial charge in [-0.15, -0.1) is 0 Å². The highest BCUT2D eigenvalue weighted by Crippen LogP contribution is 2.24. The van der Waals surface area contributed by atoms with E-state index in [1.165, 1.54) is 25.9 Å². The maximum atomic E-state index is 6.18. The number of halogens is 1. The molecule has 4 nitrogen and oxygen atoms in total. The summed E-state index contributed by atoms with van der Waals surface area (Å²) in [6.45, 7) is 4.72. The molecule has 0 unspecified atom stereocenters. The van der Waals surface area contributed by atoms with Gasteiger partial charge >= 0.3 is 0 Å². The number of likely N-dealkylation sites (tertiary alicyclic amines) is 1. The number of piperidine rings is 1. The highest BCUT2D eigenvalue weighted by molar-refractivity contribution is 6.30. The van der Waals surface area contributed by atoms with Crippen molar-refractivity contribution < 1.29 is 4.74 Å². The summed E-state index contributed by atoms with van der Waals surface area (Å²) >= 11 is 6.18. The zero-order valence-corrected chi connectivity index (χ0v) is 15.5. The van der Waals surface area contributed by atoms with Crippen LogP contribution in [-0.2, 0) is 13.2 Å². The molecule has 1 aliphatic heterocycles. The van der Waals surface area contributed by atoms with Crippen molar-refractivity contribution in [2.24, 2.45) is 5.92 Å². The third-order valence-electron chi connectivity index (χ3n) is 4.73. The number of hydrogen-bond donors (Lipinski definition) is 1. The third kappa shape index (κ3) is 5.70. The monoisotopic (exact) mass is 359 g/mol. The Morgan fingerprint density at radius 2 is 2.12 bits per heavy atom. The average Bonchev–Trinajstić information content (AvgIpc) is 2.63. The Balaban J connectivity index is 1.53. The second-order valence-corrected chi connectivity index (χ2v) is 7.22. The summed E-state index contributed by atoms with van der Waals surface area (Å²) < 4.78 is 5.99. The standard InChI is InChI=1S/C20H26ClN3O/c1-24-9-6-16(7-10-24)12-23-14-18-11-19(21)4-5-20(18)25-15-17-3-2-8-22-13-17/h2-5,8,11,13,16,23H,6-7,9-10,12,14-15H2,1H3. The maximum Gasteiger partial charge on any atom is 0.124 e. The van der Waals surface area contributed by atoms with Gasteiger partial charge in [0, 0.05) is 35.1 Å². The fourth-order valence-corrected chi connectivity index (χ4v) is 3.34. The highest BCUT2D eigenvalue weighted by Gasteiger charge is 2.16. The summed E-state index contributed by atoms with van der Waals surface area (Å²) in [5.41, 5.74) is 2.16. The van der Waals surface area contributed by atoms with Gasteiger partial charge in [-0.25, -0.2) is 0 Å². The lowest BCUT2D eigenvalue weighted by Crippen LogP contribution is -2.34. The Bertz CT molecular complexity index is 657. The van der Waals surface area contributed by atoms with E-state index in [0.29, 0.717) is 6.61 Å². The number of pyridine rings is 1. The normalized spacial score (nSPS) is 16.1. The highest BCUT2D eigenvalue weighted by atomic mass is 35.5. The molecular weight excluding hydrogens is 334 g/mol. The first-order valence-corrected chi connectivity index (χ1v) is 9.28. The summed E-state index contributed by atoms with van der Waals surface area (Å²) in [5.74, 6) is 1.64. The number of benzene rings is 1. The van der Waals surface area contributed by atoms with Crippen molar-refractivity contribution in [2.45, 2.75) is 26.0 Å². The lowest BCUT2D eigenvalue weighted by molar-refractivity contribution is 0.215. The molecule has 0 spiro atoms. The van der Waals surface area contributed by atoms with Crippen LogP contribution in [0.3, 0.4) is 0 Å². The van der Waals surface area contributed by atoms with Gasteiger partial charge in [-0.1, -0.05) is 17.7 Å². The molecule has 1 fully saturated rings. The van der Waals surface area contributed by atoms with Crippen LogP contribution in [0.1, 0.15) is 24.0 Å². The first-order valence-electron chi connectivity index (χ1n) is 8.90. The molecule has 25 heavy (non-hydrogen) atoms. The molecule has 1 aromatic carbocycles. The lowest BCUT2D eigenvalue weighted by Gasteiger charge is -2.29. The van der Waals surface area contributed by atoms with Crippen LogP contribution < -0.4 is 10.1 Å². The molecule has 0 saturated carbocycles. The number of aromatic nitrogens is 1. The molecule has 1 N–H and O–H groups in total. The van der Waals surface area contributed by atoms with Crippen molar-refractivity contribution in [2.75, 3.05) is 26.7 Å². The molecule has 134 valence electrons. The largest absolute Gasteiger partial charge is 0.489 e. The lowest BCUT2D eigenvalue weighted by atomic mass is 9.97. The minimum atomic E-state index is 0.511. The van der Waals surface area contributed by atoms with Gasteiger partial charge in [0.05, 0.1) is 0 Å². The smallest absolute Gasteiger partial charge is 0.124 e. The molecular formula is C20H26ClN3O. The molecule has 3 rings (SSSR count). The van der Waals surface area contributed by atoms with E-state index < -0.39 is 0 Å². The summed E-state index contributed by atoms with van der Waals surface area (Å²) in [7, 11) is 2.20. The Labute approximate surface area is 155 Å². The molecule has 0 bridgehead atoms. The molecule has 2 aromatic rings. The zero-order valence-electron chi connectivity index (χ0n) is 14.7. The summed E-state index contributed by atoms with van der Waals surface area (Å²) in [5, 5.41) is 4.32. The van der Waals surface area contributed by atoms with Crippen LogP contribution in [0.15, 0.2) is 42.7 Å². The second-order valence-electron chi connectivity index (χ2n) is 6.78. The Kier molecular flexibility index (Phi) is 6.68. The predicted octanol–water partition coefficient (Wildman–Crippen LogP) is 3.75. The average molecular weight is 360 g/mol. The van der Waals surface area contributed by atoms with Crippen molar-refractivity contribution >= 4 is 11.6 Å². The first kappa shape index (κ1) is 18.2. The van der Waals surface area contributed by atoms with Crippen molar-refractivity contribution in [3.63, 3.8) is 0 Å². The quantitative estimate of drug-likeness (QED) is 0.817. The van der Waals surface area contributed by atoms with Gasteiger partial charge in [0.15, 0.2) is 0 Å². The van der Waals surface area contributed by atoms with E-state index in [9.17, 15) is 0 Å². The molecule has 1 aliphatic rings. The molecule has 0 radical (unpaired) electrons. The van der Waals surface area contributed by atoms with E-state index >= 15 is 0 Å². The van der Waals surface area contributed by atoms with E-state index in [4.69, 9.17) is 16.3 Å². The van der Waals surface area contributed by atoms with Crippen LogP contribution in [0, 0.1) is 5.92 Å². The minimum Gasteiger partial charge on any atom is -0.489 e. The molecule has 5 heteroatoms. The molecule has 0 amide bonds. The van der Waals surface area contributed by atoms with Gasteiger partial charge in [0.25, 0.3) is 0 Å². The van der Waals surface area contributed by atoms with Crippen LogP contribution >= 0.6 is 11.6 Å². The van der Waals surface area contributed by atoms with E-state index in [-0.39, 0.29) is 0 Å². The molecule has 0 aliphatic carbocycles. The van der Waals surface area contributed by atoms with E-state index in [0.717, 1.165) is 40.9 Å². The van der Waals surface area contributed by atoms with E-state index in [2.05, 4.69) is 22.2 Å². The van der Waals surface area contributed by atoms with Gasteiger partial charge in [0.1, 0.15) is 12.4 Å². The number of hydrogen-bond acceptors (Lipinski definition) is 4. The van der Waals surface area contributed by atoms with Crippen molar-refractivity contribution in [3.05, 3.63) is 58.9 Å². The number of ether oxygens (including phenoxy) is 1. The summed E-state index contributed by atoms with van der Waals surface area (Å²) in [4.78, 5) is 6.52. The van der Waals surface area contributed by atoms with Crippen LogP contribution in [0.5, 0.6) is 5.75 Å². The third-order valence-corrected chi connectivity index (χ3v) is 4.96. The van der Waals surface area contributed by atoms with Gasteiger partial charge in [-0.2, -0.15) is 0 Å². The van der Waals surface area contributed by atoms with Crippen molar-refractivity contribution in [1.82, 2.24) is 15.2 Å². The van der Waals surface area contributed by atoms with E-state index in [1.807, 2.05) is 36.5 Å². The molecule has 0 atom stereocenters. The maximum absolute atomic E-state index is 6.18. The summed E-state index contributed by atoms with van der Waals surface area (Å²) in [6.07, 6.45) is 6.13. The van der Waals surface area contributed by atoms with Crippen LogP contribution in [-0.4, -0.2) is 36.6 Å². The number of nitrogens with zero attached hydrogens (tertiary/aromatic N) is 2. The predicted molar refractivity (Wildman–Crippen MR) is 102 cm³/mol. The van der Waals surface area contributed by atoms with Crippen molar-refractivity contribution in [1.29, 1.82) is 0 Å². The van der Waals surface area contributed by atoms with E-state index in [1.54, 1.807) is 6.20 Å². The Morgan fingerprint density at radius 1 is 1.28 bits per heavy atom. The first-order chi connectivity index (χ1) is 12.2.